The number of likely N-dealkylation sites (tertiary alicyclic amines) is 1. The van der Waals surface area contributed by atoms with Crippen molar-refractivity contribution in [1.29, 1.82) is 0 Å². The average Bonchev–Trinajstić information content (AvgIpc) is 3.31. The maximum atomic E-state index is 14.9. The minimum atomic E-state index is -1.80. The Balaban J connectivity index is 1.49. The van der Waals surface area contributed by atoms with E-state index in [0.717, 1.165) is 4.90 Å². The van der Waals surface area contributed by atoms with Crippen molar-refractivity contribution in [1.82, 2.24) is 14.8 Å². The van der Waals surface area contributed by atoms with E-state index in [4.69, 9.17) is 16.3 Å². The van der Waals surface area contributed by atoms with Gasteiger partial charge in [-0.25, -0.2) is 13.6 Å². The van der Waals surface area contributed by atoms with Crippen LogP contribution in [0.1, 0.15) is 36.2 Å². The third kappa shape index (κ3) is 5.28. The van der Waals surface area contributed by atoms with Gasteiger partial charge in [-0.3, -0.25) is 9.59 Å². The molecule has 8 nitrogen and oxygen atoms in total. The summed E-state index contributed by atoms with van der Waals surface area (Å²) in [5.41, 5.74) is -0.844. The molecule has 0 bridgehead atoms. The van der Waals surface area contributed by atoms with Crippen LogP contribution in [0.25, 0.3) is 10.9 Å². The molecule has 36 heavy (non-hydrogen) atoms. The fraction of sp³-hybridized carbons (Fsp3) is 0.320. The number of Topliss-reactive ketones (excluding diaryl/α,β-unsaturated/α-hetero) is 1. The van der Waals surface area contributed by atoms with E-state index in [-0.39, 0.29) is 48.2 Å². The number of hydrogen-bond acceptors (Lipinski definition) is 5. The van der Waals surface area contributed by atoms with Gasteiger partial charge in [-0.1, -0.05) is 23.7 Å². The van der Waals surface area contributed by atoms with Crippen LogP contribution in [-0.2, 0) is 22.6 Å². The molecule has 2 N–H and O–H groups in total. The van der Waals surface area contributed by atoms with E-state index in [2.05, 4.69) is 5.32 Å². The summed E-state index contributed by atoms with van der Waals surface area (Å²) in [6.07, 6.45) is -0.898. The summed E-state index contributed by atoms with van der Waals surface area (Å²) < 4.78 is 35.7. The number of phenols is 1. The Morgan fingerprint density at radius 1 is 1.28 bits per heavy atom. The van der Waals surface area contributed by atoms with Crippen LogP contribution in [0.3, 0.4) is 0 Å². The average molecular weight is 520 g/mol. The number of halogens is 3. The molecule has 11 heteroatoms. The Hall–Kier alpha value is -3.66. The number of ether oxygens (including phenoxy) is 1. The number of hydrogen-bond donors (Lipinski definition) is 2. The topological polar surface area (TPSA) is 101 Å². The normalized spacial score (nSPS) is 19.5. The number of phenolic OH excluding ortho intramolecular Hbond substituents is 1. The van der Waals surface area contributed by atoms with Crippen LogP contribution in [-0.4, -0.2) is 50.8 Å². The first-order valence-electron chi connectivity index (χ1n) is 11.1. The van der Waals surface area contributed by atoms with E-state index in [1.807, 2.05) is 0 Å². The second-order valence-corrected chi connectivity index (χ2v) is 9.40. The number of nitrogens with one attached hydrogen (secondary N) is 1. The standard InChI is InChI=1S/C25H24ClF2N3O5/c1-14(32)18-11-30(20-8-16(33)6-7-17(18)20)12-21(34)31-13-25(2,28)9-22(31)36-24(35)29-10-15-4-3-5-19(26)23(15)27/h3-8,11,22,33H,9-10,12-13H2,1-2H3,(H,29,35)/t22-,25+/m0/s1. The molecule has 1 saturated heterocycles. The van der Waals surface area contributed by atoms with Gasteiger partial charge >= 0.3 is 6.09 Å². The van der Waals surface area contributed by atoms with Crippen molar-refractivity contribution in [3.8, 4) is 5.75 Å². The zero-order valence-electron chi connectivity index (χ0n) is 19.6. The van der Waals surface area contributed by atoms with Crippen molar-refractivity contribution in [2.24, 2.45) is 0 Å². The zero-order chi connectivity index (χ0) is 26.2. The smallest absolute Gasteiger partial charge is 0.409 e. The highest BCUT2D eigenvalue weighted by Gasteiger charge is 2.45. The molecular weight excluding hydrogens is 496 g/mol. The highest BCUT2D eigenvalue weighted by molar-refractivity contribution is 6.30. The lowest BCUT2D eigenvalue weighted by Crippen LogP contribution is -2.42. The molecule has 2 atom stereocenters. The van der Waals surface area contributed by atoms with Gasteiger partial charge in [-0.15, -0.1) is 0 Å². The Morgan fingerprint density at radius 3 is 2.75 bits per heavy atom. The van der Waals surface area contributed by atoms with Crippen molar-refractivity contribution >= 4 is 40.3 Å². The monoisotopic (exact) mass is 519 g/mol. The summed E-state index contributed by atoms with van der Waals surface area (Å²) in [6, 6.07) is 8.79. The molecule has 1 aliphatic rings. The number of alkyl carbamates (subject to hydrolysis) is 1. The zero-order valence-corrected chi connectivity index (χ0v) is 20.3. The van der Waals surface area contributed by atoms with Gasteiger partial charge < -0.3 is 24.6 Å². The van der Waals surface area contributed by atoms with E-state index in [0.29, 0.717) is 16.5 Å². The first-order chi connectivity index (χ1) is 16.9. The van der Waals surface area contributed by atoms with Gasteiger partial charge in [-0.05, 0) is 32.0 Å². The number of alkyl halides is 1. The second kappa shape index (κ2) is 9.77. The molecule has 0 aliphatic carbocycles. The lowest BCUT2D eigenvalue weighted by Gasteiger charge is -2.24. The molecule has 2 aromatic carbocycles. The highest BCUT2D eigenvalue weighted by atomic mass is 35.5. The minimum absolute atomic E-state index is 0.0454. The van der Waals surface area contributed by atoms with Crippen LogP contribution in [0.4, 0.5) is 13.6 Å². The SMILES string of the molecule is CC(=O)c1cn(CC(=O)N2C[C@](C)(F)C[C@@H]2OC(=O)NCc2cccc(Cl)c2F)c2cc(O)ccc12. The van der Waals surface area contributed by atoms with E-state index in [1.165, 1.54) is 54.9 Å². The molecule has 2 heterocycles. The van der Waals surface area contributed by atoms with Gasteiger partial charge in [-0.2, -0.15) is 0 Å². The third-order valence-corrected chi connectivity index (χ3v) is 6.31. The highest BCUT2D eigenvalue weighted by Crippen LogP contribution is 2.32. The minimum Gasteiger partial charge on any atom is -0.508 e. The van der Waals surface area contributed by atoms with Crippen molar-refractivity contribution in [3.63, 3.8) is 0 Å². The van der Waals surface area contributed by atoms with E-state index < -0.39 is 29.7 Å². The first kappa shape index (κ1) is 25.4. The number of carbonyl (C=O) groups is 3. The van der Waals surface area contributed by atoms with Crippen molar-refractivity contribution in [3.05, 3.63) is 64.6 Å². The lowest BCUT2D eigenvalue weighted by molar-refractivity contribution is -0.138. The fourth-order valence-electron chi connectivity index (χ4n) is 4.30. The molecule has 2 amide bonds. The predicted molar refractivity (Wildman–Crippen MR) is 128 cm³/mol. The number of aromatic nitrogens is 1. The van der Waals surface area contributed by atoms with Crippen LogP contribution in [0.5, 0.6) is 5.75 Å². The van der Waals surface area contributed by atoms with Gasteiger partial charge in [0.25, 0.3) is 0 Å². The number of fused-ring (bicyclic) bond motifs is 1. The molecular formula is C25H24ClF2N3O5. The van der Waals surface area contributed by atoms with Crippen LogP contribution in [0, 0.1) is 5.82 Å². The van der Waals surface area contributed by atoms with Crippen LogP contribution < -0.4 is 5.32 Å². The van der Waals surface area contributed by atoms with Gasteiger partial charge in [0, 0.05) is 41.7 Å². The molecule has 1 fully saturated rings. The fourth-order valence-corrected chi connectivity index (χ4v) is 4.49. The largest absolute Gasteiger partial charge is 0.508 e. The summed E-state index contributed by atoms with van der Waals surface area (Å²) in [5, 5.41) is 12.7. The Kier molecular flexibility index (Phi) is 6.90. The van der Waals surface area contributed by atoms with E-state index in [9.17, 15) is 28.3 Å². The molecule has 190 valence electrons. The number of nitrogens with zero attached hydrogens (tertiary/aromatic N) is 2. The predicted octanol–water partition coefficient (Wildman–Crippen LogP) is 4.56. The van der Waals surface area contributed by atoms with Gasteiger partial charge in [0.2, 0.25) is 5.91 Å². The molecule has 1 aromatic heterocycles. The summed E-state index contributed by atoms with van der Waals surface area (Å²) in [7, 11) is 0. The van der Waals surface area contributed by atoms with E-state index in [1.54, 1.807) is 6.07 Å². The number of rotatable bonds is 6. The van der Waals surface area contributed by atoms with Crippen LogP contribution in [0.15, 0.2) is 42.6 Å². The Labute approximate surface area is 210 Å². The maximum absolute atomic E-state index is 14.9. The van der Waals surface area contributed by atoms with Gasteiger partial charge in [0.1, 0.15) is 23.8 Å². The lowest BCUT2D eigenvalue weighted by atomic mass is 10.1. The number of amides is 2. The van der Waals surface area contributed by atoms with Crippen molar-refractivity contribution in [2.75, 3.05) is 6.54 Å². The second-order valence-electron chi connectivity index (χ2n) is 8.99. The summed E-state index contributed by atoms with van der Waals surface area (Å²) in [4.78, 5) is 38.7. The summed E-state index contributed by atoms with van der Waals surface area (Å²) in [5.74, 6) is -1.49. The summed E-state index contributed by atoms with van der Waals surface area (Å²) >= 11 is 5.74. The number of carbonyl (C=O) groups excluding carboxylic acids is 3. The maximum Gasteiger partial charge on any atom is 0.409 e. The number of ketones is 1. The van der Waals surface area contributed by atoms with Crippen LogP contribution >= 0.6 is 11.6 Å². The van der Waals surface area contributed by atoms with Crippen molar-refractivity contribution in [2.45, 2.75) is 45.3 Å². The van der Waals surface area contributed by atoms with Gasteiger partial charge in [0.15, 0.2) is 12.0 Å². The van der Waals surface area contributed by atoms with Gasteiger partial charge in [0.05, 0.1) is 17.1 Å². The number of aromatic hydroxyl groups is 1. The van der Waals surface area contributed by atoms with Crippen LogP contribution in [0.2, 0.25) is 5.02 Å². The molecule has 3 aromatic rings. The molecule has 0 unspecified atom stereocenters. The molecule has 0 spiro atoms. The summed E-state index contributed by atoms with van der Waals surface area (Å²) in [6.45, 7) is 1.88. The molecule has 4 rings (SSSR count). The number of benzene rings is 2. The Bertz CT molecular complexity index is 1360. The molecule has 1 aliphatic heterocycles. The molecule has 0 radical (unpaired) electrons. The Morgan fingerprint density at radius 2 is 2.03 bits per heavy atom. The van der Waals surface area contributed by atoms with E-state index >= 15 is 0 Å². The van der Waals surface area contributed by atoms with Crippen molar-refractivity contribution < 1.29 is 33.0 Å². The first-order valence-corrected chi connectivity index (χ1v) is 11.5. The third-order valence-electron chi connectivity index (χ3n) is 6.02. The molecule has 0 saturated carbocycles. The quantitative estimate of drug-likeness (QED) is 0.465.